The van der Waals surface area contributed by atoms with Gasteiger partial charge in [0.25, 0.3) is 0 Å². The minimum atomic E-state index is -1.09. The highest BCUT2D eigenvalue weighted by molar-refractivity contribution is 9.10. The number of carbonyl (C=O) groups is 2. The first-order chi connectivity index (χ1) is 12.4. The van der Waals surface area contributed by atoms with Crippen molar-refractivity contribution in [1.29, 1.82) is 0 Å². The predicted octanol–water partition coefficient (Wildman–Crippen LogP) is 4.58. The molecule has 1 aromatic carbocycles. The molecule has 0 saturated heterocycles. The molecule has 0 atom stereocenters. The molecule has 3 rings (SSSR count). The Balaban J connectivity index is 1.62. The summed E-state index contributed by atoms with van der Waals surface area (Å²) in [7, 11) is 0. The van der Waals surface area contributed by atoms with Crippen LogP contribution >= 0.6 is 39.0 Å². The Morgan fingerprint density at radius 3 is 2.88 bits per heavy atom. The highest BCUT2D eigenvalue weighted by Crippen LogP contribution is 2.30. The van der Waals surface area contributed by atoms with Gasteiger partial charge in [0.1, 0.15) is 16.2 Å². The van der Waals surface area contributed by atoms with E-state index in [1.165, 1.54) is 24.2 Å². The molecule has 0 radical (unpaired) electrons. The average Bonchev–Trinajstić information content (AvgIpc) is 2.97. The molecule has 134 valence electrons. The normalized spacial score (nSPS) is 10.8. The number of carboxylic acid groups (broad SMARTS) is 1. The van der Waals surface area contributed by atoms with Gasteiger partial charge in [0, 0.05) is 26.9 Å². The lowest BCUT2D eigenvalue weighted by molar-refractivity contribution is -0.115. The quantitative estimate of drug-likeness (QED) is 0.420. The molecular weight excluding hydrogens is 438 g/mol. The van der Waals surface area contributed by atoms with E-state index in [4.69, 9.17) is 0 Å². The molecule has 0 aliphatic carbocycles. The molecule has 0 bridgehead atoms. The molecule has 1 amide bonds. The van der Waals surface area contributed by atoms with Gasteiger partial charge in [-0.1, -0.05) is 15.9 Å². The number of aromatic carboxylic acids is 1. The van der Waals surface area contributed by atoms with Gasteiger partial charge in [-0.15, -0.1) is 23.1 Å². The van der Waals surface area contributed by atoms with Gasteiger partial charge in [0.15, 0.2) is 0 Å². The van der Waals surface area contributed by atoms with E-state index in [1.807, 2.05) is 13.0 Å². The summed E-state index contributed by atoms with van der Waals surface area (Å²) in [6.07, 6.45) is 1.77. The number of nitrogens with zero attached hydrogens (tertiary/aromatic N) is 2. The van der Waals surface area contributed by atoms with Gasteiger partial charge in [-0.25, -0.2) is 14.8 Å². The number of hydrogen-bond donors (Lipinski definition) is 2. The van der Waals surface area contributed by atoms with E-state index < -0.39 is 5.97 Å². The number of thiophene rings is 1. The number of nitrogens with one attached hydrogen (secondary N) is 1. The Morgan fingerprint density at radius 1 is 1.31 bits per heavy atom. The van der Waals surface area contributed by atoms with Crippen LogP contribution in [-0.4, -0.2) is 32.7 Å². The second-order valence-electron chi connectivity index (χ2n) is 5.40. The van der Waals surface area contributed by atoms with Crippen LogP contribution in [0.1, 0.15) is 21.7 Å². The molecule has 3 aromatic rings. The summed E-state index contributed by atoms with van der Waals surface area (Å²) in [5.74, 6) is -0.799. The van der Waals surface area contributed by atoms with Crippen molar-refractivity contribution in [3.05, 3.63) is 45.5 Å². The molecule has 2 heterocycles. The van der Waals surface area contributed by atoms with Crippen molar-refractivity contribution in [3.63, 3.8) is 0 Å². The first-order valence-electron chi connectivity index (χ1n) is 7.60. The lowest BCUT2D eigenvalue weighted by Crippen LogP contribution is -2.15. The number of thioether (sulfide) groups is 1. The lowest BCUT2D eigenvalue weighted by atomic mass is 10.2. The van der Waals surface area contributed by atoms with E-state index in [-0.39, 0.29) is 23.6 Å². The minimum absolute atomic E-state index is 0.0478. The molecule has 2 aromatic heterocycles. The van der Waals surface area contributed by atoms with E-state index in [2.05, 4.69) is 31.2 Å². The van der Waals surface area contributed by atoms with Gasteiger partial charge in [-0.05, 0) is 31.2 Å². The van der Waals surface area contributed by atoms with Gasteiger partial charge in [-0.2, -0.15) is 0 Å². The van der Waals surface area contributed by atoms with E-state index in [9.17, 15) is 14.7 Å². The molecular formula is C17H14BrN3O3S2. The van der Waals surface area contributed by atoms with Crippen molar-refractivity contribution >= 4 is 66.8 Å². The first kappa shape index (κ1) is 18.8. The van der Waals surface area contributed by atoms with Crippen LogP contribution in [-0.2, 0) is 4.79 Å². The summed E-state index contributed by atoms with van der Waals surface area (Å²) >= 11 is 6.33. The van der Waals surface area contributed by atoms with Crippen molar-refractivity contribution in [1.82, 2.24) is 9.97 Å². The summed E-state index contributed by atoms with van der Waals surface area (Å²) in [4.78, 5) is 34.1. The average molecular weight is 452 g/mol. The maximum absolute atomic E-state index is 12.2. The summed E-state index contributed by atoms with van der Waals surface area (Å²) < 4.78 is 0.641. The number of fused-ring (bicyclic) bond motifs is 1. The van der Waals surface area contributed by atoms with Crippen LogP contribution in [0.2, 0.25) is 0 Å². The molecule has 0 fully saturated rings. The maximum atomic E-state index is 12.2. The van der Waals surface area contributed by atoms with Crippen LogP contribution < -0.4 is 5.32 Å². The number of amides is 1. The molecule has 0 unspecified atom stereocenters. The van der Waals surface area contributed by atoms with Crippen molar-refractivity contribution in [2.45, 2.75) is 18.4 Å². The smallest absolute Gasteiger partial charge is 0.337 e. The third-order valence-electron chi connectivity index (χ3n) is 3.47. The van der Waals surface area contributed by atoms with Crippen molar-refractivity contribution in [2.24, 2.45) is 0 Å². The van der Waals surface area contributed by atoms with E-state index in [0.717, 1.165) is 20.1 Å². The number of rotatable bonds is 6. The second kappa shape index (κ2) is 8.15. The standard InChI is InChI=1S/C17H14BrN3O3S2/c1-9-6-12-15(19-8-20-16(12)26-9)25-5-4-14(22)21-13-3-2-10(18)7-11(13)17(23)24/h2-3,6-8H,4-5H2,1H3,(H,21,22)(H,23,24). The number of halogens is 1. The summed E-state index contributed by atoms with van der Waals surface area (Å²) in [5, 5.41) is 13.8. The lowest BCUT2D eigenvalue weighted by Gasteiger charge is -2.09. The van der Waals surface area contributed by atoms with Crippen molar-refractivity contribution in [2.75, 3.05) is 11.1 Å². The zero-order chi connectivity index (χ0) is 18.7. The second-order valence-corrected chi connectivity index (χ2v) is 8.63. The molecule has 2 N–H and O–H groups in total. The Hall–Kier alpha value is -1.97. The molecule has 0 aliphatic heterocycles. The van der Waals surface area contributed by atoms with Gasteiger partial charge in [-0.3, -0.25) is 4.79 Å². The maximum Gasteiger partial charge on any atom is 0.337 e. The van der Waals surface area contributed by atoms with Gasteiger partial charge in [0.05, 0.1) is 11.3 Å². The first-order valence-corrected chi connectivity index (χ1v) is 10.2. The molecule has 0 aliphatic rings. The number of aromatic nitrogens is 2. The topological polar surface area (TPSA) is 92.2 Å². The van der Waals surface area contributed by atoms with Crippen molar-refractivity contribution in [3.8, 4) is 0 Å². The third-order valence-corrected chi connectivity index (χ3v) is 5.93. The Morgan fingerprint density at radius 2 is 2.12 bits per heavy atom. The van der Waals surface area contributed by atoms with E-state index in [0.29, 0.717) is 10.2 Å². The zero-order valence-corrected chi connectivity index (χ0v) is 16.9. The van der Waals surface area contributed by atoms with Crippen LogP contribution in [0, 0.1) is 6.92 Å². The van der Waals surface area contributed by atoms with Crippen LogP contribution in [0.3, 0.4) is 0 Å². The Labute approximate surface area is 166 Å². The number of carboxylic acids is 1. The number of aryl methyl sites for hydroxylation is 1. The monoisotopic (exact) mass is 451 g/mol. The molecule has 0 saturated carbocycles. The highest BCUT2D eigenvalue weighted by atomic mass is 79.9. The SMILES string of the molecule is Cc1cc2c(SCCC(=O)Nc3ccc(Br)cc3C(=O)O)ncnc2s1. The molecule has 9 heteroatoms. The number of carbonyl (C=O) groups excluding carboxylic acids is 1. The van der Waals surface area contributed by atoms with Gasteiger partial charge in [0.2, 0.25) is 5.91 Å². The van der Waals surface area contributed by atoms with Crippen LogP contribution in [0.4, 0.5) is 5.69 Å². The minimum Gasteiger partial charge on any atom is -0.478 e. The summed E-state index contributed by atoms with van der Waals surface area (Å²) in [5.41, 5.74) is 0.334. The molecule has 6 nitrogen and oxygen atoms in total. The largest absolute Gasteiger partial charge is 0.478 e. The Kier molecular flexibility index (Phi) is 5.90. The van der Waals surface area contributed by atoms with Crippen LogP contribution in [0.15, 0.2) is 40.1 Å². The predicted molar refractivity (Wildman–Crippen MR) is 107 cm³/mol. The highest BCUT2D eigenvalue weighted by Gasteiger charge is 2.14. The summed E-state index contributed by atoms with van der Waals surface area (Å²) in [6, 6.07) is 6.76. The fraction of sp³-hybridized carbons (Fsp3) is 0.176. The molecule has 0 spiro atoms. The van der Waals surface area contributed by atoms with Crippen LogP contribution in [0.5, 0.6) is 0 Å². The van der Waals surface area contributed by atoms with Gasteiger partial charge >= 0.3 is 5.97 Å². The third kappa shape index (κ3) is 4.40. The van der Waals surface area contributed by atoms with E-state index in [1.54, 1.807) is 23.5 Å². The summed E-state index contributed by atoms with van der Waals surface area (Å²) in [6.45, 7) is 2.02. The number of benzene rings is 1. The van der Waals surface area contributed by atoms with E-state index >= 15 is 0 Å². The number of anilines is 1. The molecule has 26 heavy (non-hydrogen) atoms. The van der Waals surface area contributed by atoms with Crippen molar-refractivity contribution < 1.29 is 14.7 Å². The Bertz CT molecular complexity index is 991. The van der Waals surface area contributed by atoms with Gasteiger partial charge < -0.3 is 10.4 Å². The zero-order valence-electron chi connectivity index (χ0n) is 13.7. The fourth-order valence-electron chi connectivity index (χ4n) is 2.32. The number of hydrogen-bond acceptors (Lipinski definition) is 6. The van der Waals surface area contributed by atoms with Crippen LogP contribution in [0.25, 0.3) is 10.2 Å². The fourth-order valence-corrected chi connectivity index (χ4v) is 4.51.